The maximum absolute atomic E-state index is 12.3. The smallest absolute Gasteiger partial charge is 0.251 e. The van der Waals surface area contributed by atoms with Gasteiger partial charge in [-0.25, -0.2) is 0 Å². The Morgan fingerprint density at radius 3 is 2.67 bits per heavy atom. The fourth-order valence-corrected chi connectivity index (χ4v) is 2.64. The third kappa shape index (κ3) is 8.45. The number of amides is 2. The van der Waals surface area contributed by atoms with Crippen LogP contribution in [0.4, 0.5) is 0 Å². The van der Waals surface area contributed by atoms with Crippen molar-refractivity contribution in [3.8, 4) is 0 Å². The zero-order valence-electron chi connectivity index (χ0n) is 16.0. The second-order valence-electron chi connectivity index (χ2n) is 6.49. The topological polar surface area (TPSA) is 82.7 Å². The van der Waals surface area contributed by atoms with Crippen molar-refractivity contribution >= 4 is 36.6 Å². The van der Waals surface area contributed by atoms with Crippen molar-refractivity contribution in [2.24, 2.45) is 0 Å². The summed E-state index contributed by atoms with van der Waals surface area (Å²) in [5, 5.41) is 8.95. The summed E-state index contributed by atoms with van der Waals surface area (Å²) in [4.78, 5) is 26.4. The molecule has 1 saturated heterocycles. The third-order valence-electron chi connectivity index (χ3n) is 4.10. The molecule has 0 aromatic heterocycles. The average Bonchev–Trinajstić information content (AvgIpc) is 2.60. The van der Waals surface area contributed by atoms with Crippen LogP contribution in [0.5, 0.6) is 0 Å². The molecular formula is C18H30Cl2N4O3. The van der Waals surface area contributed by atoms with Gasteiger partial charge in [-0.05, 0) is 38.7 Å². The first-order chi connectivity index (χ1) is 12.0. The van der Waals surface area contributed by atoms with Gasteiger partial charge in [0.25, 0.3) is 5.91 Å². The maximum Gasteiger partial charge on any atom is 0.251 e. The number of carbonyl (C=O) groups is 2. The molecule has 0 radical (unpaired) electrons. The molecule has 2 rings (SSSR count). The van der Waals surface area contributed by atoms with E-state index in [9.17, 15) is 9.59 Å². The van der Waals surface area contributed by atoms with Gasteiger partial charge in [0.1, 0.15) is 6.04 Å². The van der Waals surface area contributed by atoms with E-state index in [4.69, 9.17) is 4.74 Å². The van der Waals surface area contributed by atoms with E-state index in [0.717, 1.165) is 12.1 Å². The molecule has 0 bridgehead atoms. The minimum Gasteiger partial charge on any atom is -0.375 e. The number of ether oxygens (including phenoxy) is 1. The number of nitrogens with one attached hydrogen (secondary N) is 3. The van der Waals surface area contributed by atoms with Crippen LogP contribution in [0.2, 0.25) is 0 Å². The van der Waals surface area contributed by atoms with Gasteiger partial charge in [-0.1, -0.05) is 12.1 Å². The second kappa shape index (κ2) is 12.9. The summed E-state index contributed by atoms with van der Waals surface area (Å²) in [5.41, 5.74) is 1.48. The molecule has 0 saturated carbocycles. The van der Waals surface area contributed by atoms with Gasteiger partial charge >= 0.3 is 0 Å². The predicted octanol–water partition coefficient (Wildman–Crippen LogP) is 0.815. The quantitative estimate of drug-likeness (QED) is 0.607. The molecule has 27 heavy (non-hydrogen) atoms. The standard InChI is InChI=1S/C18H28N4O3.2ClH/c1-13-16(19-8-10-25-13)18(24)21-12-14-5-4-6-15(11-14)17(23)20-7-9-22(2)3;;/h4-6,11,13,16,19H,7-10,12H2,1-3H3,(H,20,23)(H,21,24);2*1H/t13-,16+;;/m1../s1. The highest BCUT2D eigenvalue weighted by Gasteiger charge is 2.27. The molecule has 1 fully saturated rings. The summed E-state index contributed by atoms with van der Waals surface area (Å²) in [6, 6.07) is 6.96. The first kappa shape index (κ1) is 25.6. The second-order valence-corrected chi connectivity index (χ2v) is 6.49. The van der Waals surface area contributed by atoms with E-state index >= 15 is 0 Å². The number of hydrogen-bond donors (Lipinski definition) is 3. The fourth-order valence-electron chi connectivity index (χ4n) is 2.64. The summed E-state index contributed by atoms with van der Waals surface area (Å²) in [7, 11) is 3.92. The minimum atomic E-state index is -0.341. The van der Waals surface area contributed by atoms with Crippen molar-refractivity contribution < 1.29 is 14.3 Å². The van der Waals surface area contributed by atoms with Crippen LogP contribution >= 0.6 is 24.8 Å². The molecule has 3 N–H and O–H groups in total. The predicted molar refractivity (Wildman–Crippen MR) is 111 cm³/mol. The van der Waals surface area contributed by atoms with Gasteiger partial charge in [0.15, 0.2) is 0 Å². The monoisotopic (exact) mass is 420 g/mol. The molecule has 2 amide bonds. The van der Waals surface area contributed by atoms with Crippen LogP contribution in [-0.4, -0.2) is 69.2 Å². The van der Waals surface area contributed by atoms with Crippen LogP contribution < -0.4 is 16.0 Å². The first-order valence-electron chi connectivity index (χ1n) is 8.62. The number of carbonyl (C=O) groups excluding carboxylic acids is 2. The van der Waals surface area contributed by atoms with E-state index in [0.29, 0.717) is 31.8 Å². The van der Waals surface area contributed by atoms with Gasteiger partial charge in [-0.2, -0.15) is 0 Å². The van der Waals surface area contributed by atoms with Crippen molar-refractivity contribution in [1.29, 1.82) is 0 Å². The van der Waals surface area contributed by atoms with Crippen molar-refractivity contribution in [2.75, 3.05) is 40.3 Å². The number of hydrogen-bond acceptors (Lipinski definition) is 5. The van der Waals surface area contributed by atoms with Crippen molar-refractivity contribution in [3.63, 3.8) is 0 Å². The number of benzene rings is 1. The summed E-state index contributed by atoms with van der Waals surface area (Å²) < 4.78 is 5.49. The minimum absolute atomic E-state index is 0. The molecule has 7 nitrogen and oxygen atoms in total. The molecule has 2 atom stereocenters. The molecule has 0 unspecified atom stereocenters. The van der Waals surface area contributed by atoms with Gasteiger partial charge in [0.05, 0.1) is 12.7 Å². The molecule has 0 aliphatic carbocycles. The highest BCUT2D eigenvalue weighted by Crippen LogP contribution is 2.07. The third-order valence-corrected chi connectivity index (χ3v) is 4.10. The summed E-state index contributed by atoms with van der Waals surface area (Å²) >= 11 is 0. The molecule has 1 aliphatic rings. The van der Waals surface area contributed by atoms with E-state index in [1.54, 1.807) is 12.1 Å². The van der Waals surface area contributed by atoms with E-state index in [1.165, 1.54) is 0 Å². The number of morpholine rings is 1. The van der Waals surface area contributed by atoms with Crippen LogP contribution in [0, 0.1) is 0 Å². The Morgan fingerprint density at radius 2 is 2.00 bits per heavy atom. The molecule has 1 aromatic rings. The first-order valence-corrected chi connectivity index (χ1v) is 8.62. The van der Waals surface area contributed by atoms with E-state index in [1.807, 2.05) is 38.1 Å². The Balaban J connectivity index is 0.00000338. The maximum atomic E-state index is 12.3. The fraction of sp³-hybridized carbons (Fsp3) is 0.556. The summed E-state index contributed by atoms with van der Waals surface area (Å²) in [6.07, 6.45) is -0.150. The SMILES string of the molecule is C[C@H]1OCCN[C@@H]1C(=O)NCc1cccc(C(=O)NCCN(C)C)c1.Cl.Cl. The van der Waals surface area contributed by atoms with E-state index < -0.39 is 0 Å². The van der Waals surface area contributed by atoms with Crippen LogP contribution in [0.3, 0.4) is 0 Å². The van der Waals surface area contributed by atoms with E-state index in [-0.39, 0.29) is 48.8 Å². The molecule has 9 heteroatoms. The Bertz CT molecular complexity index is 602. The zero-order valence-corrected chi connectivity index (χ0v) is 17.6. The zero-order chi connectivity index (χ0) is 18.2. The Labute approximate surface area is 173 Å². The van der Waals surface area contributed by atoms with Crippen molar-refractivity contribution in [3.05, 3.63) is 35.4 Å². The Hall–Kier alpha value is -1.38. The highest BCUT2D eigenvalue weighted by molar-refractivity contribution is 5.94. The summed E-state index contributed by atoms with van der Waals surface area (Å²) in [5.74, 6) is -0.195. The van der Waals surface area contributed by atoms with Crippen LogP contribution in [0.1, 0.15) is 22.8 Å². The van der Waals surface area contributed by atoms with Crippen molar-refractivity contribution in [1.82, 2.24) is 20.9 Å². The summed E-state index contributed by atoms with van der Waals surface area (Å²) in [6.45, 7) is 4.94. The molecule has 1 aromatic carbocycles. The van der Waals surface area contributed by atoms with Gasteiger partial charge in [-0.15, -0.1) is 24.8 Å². The van der Waals surface area contributed by atoms with E-state index in [2.05, 4.69) is 16.0 Å². The lowest BCUT2D eigenvalue weighted by Gasteiger charge is -2.29. The van der Waals surface area contributed by atoms with Crippen LogP contribution in [-0.2, 0) is 16.1 Å². The van der Waals surface area contributed by atoms with Crippen LogP contribution in [0.25, 0.3) is 0 Å². The van der Waals surface area contributed by atoms with Crippen molar-refractivity contribution in [2.45, 2.75) is 25.6 Å². The number of nitrogens with zero attached hydrogens (tertiary/aromatic N) is 1. The number of halogens is 2. The Kier molecular flexibility index (Phi) is 12.2. The molecular weight excluding hydrogens is 391 g/mol. The molecule has 0 spiro atoms. The lowest BCUT2D eigenvalue weighted by molar-refractivity contribution is -0.129. The molecule has 154 valence electrons. The van der Waals surface area contributed by atoms with Crippen LogP contribution in [0.15, 0.2) is 24.3 Å². The average molecular weight is 421 g/mol. The normalized spacial score (nSPS) is 18.8. The highest BCUT2D eigenvalue weighted by atomic mass is 35.5. The number of rotatable bonds is 7. The van der Waals surface area contributed by atoms with Gasteiger partial charge in [0, 0.05) is 31.7 Å². The molecule has 1 heterocycles. The van der Waals surface area contributed by atoms with Gasteiger partial charge in [0.2, 0.25) is 5.91 Å². The largest absolute Gasteiger partial charge is 0.375 e. The number of likely N-dealkylation sites (N-methyl/N-ethyl adjacent to an activating group) is 1. The van der Waals surface area contributed by atoms with Gasteiger partial charge in [-0.3, -0.25) is 9.59 Å². The van der Waals surface area contributed by atoms with Gasteiger partial charge < -0.3 is 25.6 Å². The lowest BCUT2D eigenvalue weighted by Crippen LogP contribution is -2.55. The molecule has 1 aliphatic heterocycles. The Morgan fingerprint density at radius 1 is 1.26 bits per heavy atom. The lowest BCUT2D eigenvalue weighted by atomic mass is 10.1.